The largest absolute Gasteiger partial charge is 0.507 e. The summed E-state index contributed by atoms with van der Waals surface area (Å²) in [6.07, 6.45) is 9.10. The third-order valence-corrected chi connectivity index (χ3v) is 8.19. The van der Waals surface area contributed by atoms with Crippen LogP contribution in [0, 0.1) is 10.1 Å². The highest BCUT2D eigenvalue weighted by atomic mass is 16.6. The van der Waals surface area contributed by atoms with Gasteiger partial charge in [0.1, 0.15) is 5.75 Å². The first-order chi connectivity index (χ1) is 17.8. The number of non-ortho nitro benzene ring substituents is 1. The number of aryl methyl sites for hydroxylation is 2. The van der Waals surface area contributed by atoms with Gasteiger partial charge in [0.15, 0.2) is 12.3 Å². The average molecular weight is 495 g/mol. The number of nitrogens with zero attached hydrogens (tertiary/aromatic N) is 3. The van der Waals surface area contributed by atoms with Gasteiger partial charge in [-0.25, -0.2) is 0 Å². The van der Waals surface area contributed by atoms with Gasteiger partial charge >= 0.3 is 0 Å². The lowest BCUT2D eigenvalue weighted by molar-refractivity contribution is -0.455. The first-order valence-corrected chi connectivity index (χ1v) is 13.1. The Kier molecular flexibility index (Phi) is 5.63. The van der Waals surface area contributed by atoms with Gasteiger partial charge in [-0.15, -0.1) is 0 Å². The van der Waals surface area contributed by atoms with E-state index in [1.165, 1.54) is 72.1 Å². The smallest absolute Gasteiger partial charge is 0.270 e. The van der Waals surface area contributed by atoms with E-state index in [1.807, 2.05) is 6.07 Å². The summed E-state index contributed by atoms with van der Waals surface area (Å²) in [4.78, 5) is 13.5. The van der Waals surface area contributed by atoms with Crippen molar-refractivity contribution in [3.05, 3.63) is 98.6 Å². The molecule has 3 heterocycles. The van der Waals surface area contributed by atoms with E-state index in [4.69, 9.17) is 0 Å². The van der Waals surface area contributed by atoms with Gasteiger partial charge in [0.05, 0.1) is 15.9 Å². The highest BCUT2D eigenvalue weighted by Crippen LogP contribution is 2.42. The monoisotopic (exact) mass is 494 g/mol. The molecule has 0 aromatic heterocycles. The molecule has 0 radical (unpaired) electrons. The molecule has 0 bridgehead atoms. The maximum atomic E-state index is 11.4. The lowest BCUT2D eigenvalue weighted by Gasteiger charge is -2.37. The van der Waals surface area contributed by atoms with Crippen LogP contribution in [0.5, 0.6) is 5.75 Å². The molecular weight excluding hydrogens is 462 g/mol. The summed E-state index contributed by atoms with van der Waals surface area (Å²) in [7, 11) is 0. The van der Waals surface area contributed by atoms with Crippen molar-refractivity contribution in [2.75, 3.05) is 18.0 Å². The molecule has 0 fully saturated rings. The molecular formula is C31H32N3O3+. The number of aromatic hydroxyl groups is 1. The lowest BCUT2D eigenvalue weighted by atomic mass is 9.81. The second-order valence-corrected chi connectivity index (χ2v) is 10.9. The molecule has 3 aromatic rings. The fourth-order valence-electron chi connectivity index (χ4n) is 6.40. The number of nitro benzene ring substituents is 1. The highest BCUT2D eigenvalue weighted by Gasteiger charge is 2.44. The van der Waals surface area contributed by atoms with E-state index in [0.717, 1.165) is 24.2 Å². The molecule has 0 saturated carbocycles. The van der Waals surface area contributed by atoms with E-state index in [0.29, 0.717) is 12.1 Å². The van der Waals surface area contributed by atoms with Crippen molar-refractivity contribution >= 4 is 28.8 Å². The van der Waals surface area contributed by atoms with E-state index >= 15 is 0 Å². The van der Waals surface area contributed by atoms with Crippen LogP contribution < -0.4 is 4.90 Å². The Hall–Kier alpha value is -3.93. The van der Waals surface area contributed by atoms with Gasteiger partial charge in [-0.05, 0) is 80.5 Å². The van der Waals surface area contributed by atoms with E-state index < -0.39 is 4.92 Å². The Morgan fingerprint density at radius 1 is 1.03 bits per heavy atom. The van der Waals surface area contributed by atoms with Crippen LogP contribution in [0.4, 0.5) is 17.1 Å². The number of allylic oxidation sites excluding steroid dienone is 1. The Labute approximate surface area is 217 Å². The Morgan fingerprint density at radius 2 is 1.73 bits per heavy atom. The highest BCUT2D eigenvalue weighted by molar-refractivity contribution is 6.05. The number of nitro groups is 1. The molecule has 0 unspecified atom stereocenters. The summed E-state index contributed by atoms with van der Waals surface area (Å²) in [6, 6.07) is 17.2. The van der Waals surface area contributed by atoms with Crippen LogP contribution in [0.25, 0.3) is 6.08 Å². The summed E-state index contributed by atoms with van der Waals surface area (Å²) in [5.41, 5.74) is 9.23. The number of hydrogen-bond donors (Lipinski definition) is 1. The molecule has 6 rings (SSSR count). The van der Waals surface area contributed by atoms with Crippen molar-refractivity contribution in [1.82, 2.24) is 0 Å². The maximum Gasteiger partial charge on any atom is 0.270 e. The minimum Gasteiger partial charge on any atom is -0.507 e. The van der Waals surface area contributed by atoms with Crippen molar-refractivity contribution in [3.63, 3.8) is 0 Å². The number of hydrogen-bond acceptors (Lipinski definition) is 4. The molecule has 0 spiro atoms. The van der Waals surface area contributed by atoms with Crippen molar-refractivity contribution in [2.24, 2.45) is 0 Å². The maximum absolute atomic E-state index is 11.4. The van der Waals surface area contributed by atoms with Crippen molar-refractivity contribution in [1.29, 1.82) is 0 Å². The predicted octanol–water partition coefficient (Wildman–Crippen LogP) is 6.29. The van der Waals surface area contributed by atoms with Crippen LogP contribution >= 0.6 is 0 Å². The molecule has 1 N–H and O–H groups in total. The first kappa shape index (κ1) is 23.5. The number of fused-ring (bicyclic) bond motifs is 1. The van der Waals surface area contributed by atoms with Crippen LogP contribution in [0.1, 0.15) is 54.5 Å². The quantitative estimate of drug-likeness (QED) is 0.257. The standard InChI is InChI=1S/C31H31N3O3/c1-31(2)26-9-3-4-10-27(26)33(20-24-19-25(34(36)37)12-13-28(24)35)29(31)14-11-21-17-22-7-5-15-32-16-6-8-23(18-21)30(22)32/h3-4,9-14,17-19H,5-8,15-16,20H2,1-2H3/p+1. The molecule has 6 nitrogen and oxygen atoms in total. The second kappa shape index (κ2) is 8.87. The fraction of sp³-hybridized carbons (Fsp3) is 0.323. The van der Waals surface area contributed by atoms with Crippen molar-refractivity contribution in [2.45, 2.75) is 51.5 Å². The number of benzene rings is 3. The summed E-state index contributed by atoms with van der Waals surface area (Å²) < 4.78 is 2.19. The fourth-order valence-corrected chi connectivity index (χ4v) is 6.40. The molecule has 3 aliphatic rings. The van der Waals surface area contributed by atoms with Crippen LogP contribution in [-0.2, 0) is 24.8 Å². The molecule has 0 aliphatic carbocycles. The number of phenols is 1. The van der Waals surface area contributed by atoms with Crippen LogP contribution in [0.3, 0.4) is 0 Å². The first-order valence-electron chi connectivity index (χ1n) is 13.1. The summed E-state index contributed by atoms with van der Waals surface area (Å²) in [5, 5.41) is 22.0. The third kappa shape index (κ3) is 4.01. The zero-order valence-electron chi connectivity index (χ0n) is 21.4. The molecule has 0 amide bonds. The molecule has 0 saturated heterocycles. The molecule has 0 atom stereocenters. The van der Waals surface area contributed by atoms with Gasteiger partial charge in [-0.2, -0.15) is 4.58 Å². The van der Waals surface area contributed by atoms with Crippen molar-refractivity contribution in [3.8, 4) is 5.75 Å². The minimum atomic E-state index is -0.418. The SMILES string of the molecule is CC1(C)C(/C=C/c2cc3c4c(c2)CCCN4CCC3)=[N+](Cc2cc([N+](=O)[O-])ccc2O)c2ccccc21. The summed E-state index contributed by atoms with van der Waals surface area (Å²) in [6.45, 7) is 7.11. The topological polar surface area (TPSA) is 69.6 Å². The van der Waals surface area contributed by atoms with Gasteiger partial charge in [0.2, 0.25) is 5.69 Å². The van der Waals surface area contributed by atoms with E-state index in [9.17, 15) is 15.2 Å². The van der Waals surface area contributed by atoms with E-state index in [-0.39, 0.29) is 16.9 Å². The number of phenolic OH excluding ortho intramolecular Hbond substituents is 1. The molecule has 3 aromatic carbocycles. The van der Waals surface area contributed by atoms with E-state index in [2.05, 4.69) is 65.8 Å². The second-order valence-electron chi connectivity index (χ2n) is 10.9. The predicted molar refractivity (Wildman–Crippen MR) is 147 cm³/mol. The van der Waals surface area contributed by atoms with Gasteiger partial charge in [0, 0.05) is 48.6 Å². The molecule has 37 heavy (non-hydrogen) atoms. The van der Waals surface area contributed by atoms with E-state index in [1.54, 1.807) is 0 Å². The molecule has 6 heteroatoms. The number of rotatable bonds is 5. The van der Waals surface area contributed by atoms with Crippen molar-refractivity contribution < 1.29 is 14.6 Å². The summed E-state index contributed by atoms with van der Waals surface area (Å²) in [5.74, 6) is 0.0643. The van der Waals surface area contributed by atoms with Crippen LogP contribution in [0.2, 0.25) is 0 Å². The number of para-hydroxylation sites is 1. The van der Waals surface area contributed by atoms with Crippen LogP contribution in [-0.4, -0.2) is 33.4 Å². The Balaban J connectivity index is 1.44. The van der Waals surface area contributed by atoms with Crippen LogP contribution in [0.15, 0.2) is 60.7 Å². The van der Waals surface area contributed by atoms with Gasteiger partial charge in [-0.1, -0.05) is 18.2 Å². The Morgan fingerprint density at radius 3 is 2.43 bits per heavy atom. The molecule has 3 aliphatic heterocycles. The third-order valence-electron chi connectivity index (χ3n) is 8.19. The van der Waals surface area contributed by atoms with Gasteiger partial charge < -0.3 is 10.0 Å². The lowest BCUT2D eigenvalue weighted by Crippen LogP contribution is -2.34. The van der Waals surface area contributed by atoms with Gasteiger partial charge in [0.25, 0.3) is 5.69 Å². The zero-order chi connectivity index (χ0) is 25.7. The van der Waals surface area contributed by atoms with Gasteiger partial charge in [-0.3, -0.25) is 10.1 Å². The average Bonchev–Trinajstić information content (AvgIpc) is 3.10. The number of anilines is 1. The normalized spacial score (nSPS) is 17.7. The summed E-state index contributed by atoms with van der Waals surface area (Å²) >= 11 is 0. The molecule has 188 valence electrons. The minimum absolute atomic E-state index is 0.0197. The zero-order valence-corrected chi connectivity index (χ0v) is 21.4. The Bertz CT molecular complexity index is 1450.